The molecule has 0 radical (unpaired) electrons. The second-order valence-corrected chi connectivity index (χ2v) is 1.46. The van der Waals surface area contributed by atoms with Crippen LogP contribution >= 0.6 is 0 Å². The van der Waals surface area contributed by atoms with E-state index in [0.29, 0.717) is 0 Å². The number of azo groups is 2. The van der Waals surface area contributed by atoms with Gasteiger partial charge in [0.05, 0.1) is 0 Å². The van der Waals surface area contributed by atoms with Gasteiger partial charge in [-0.05, 0) is 0 Å². The summed E-state index contributed by atoms with van der Waals surface area (Å²) < 4.78 is 0. The van der Waals surface area contributed by atoms with Crippen molar-refractivity contribution in [2.45, 2.75) is 0 Å². The van der Waals surface area contributed by atoms with Gasteiger partial charge in [-0.3, -0.25) is 0 Å². The van der Waals surface area contributed by atoms with Gasteiger partial charge in [-0.1, -0.05) is 0 Å². The van der Waals surface area contributed by atoms with E-state index in [0.717, 1.165) is 0 Å². The third-order valence-corrected chi connectivity index (χ3v) is 0.427. The molecular weight excluding hydrogens is 388 g/mol. The van der Waals surface area contributed by atoms with Gasteiger partial charge in [0.1, 0.15) is 0 Å². The number of hydrogen-bond donors (Lipinski definition) is 0. The molecule has 0 aliphatic heterocycles. The SMILES string of the molecule is O=C([O-])N=NC(=O)[O-].O=C([O-])N=NC(=O)[O-].[K+].[K+].[K+].[K+]. The Morgan fingerprint density at radius 2 is 0.550 bits per heavy atom. The molecular formula is C4K4N4O8. The largest absolute Gasteiger partial charge is 1.00 e. The molecule has 0 spiro atoms. The van der Waals surface area contributed by atoms with Crippen LogP contribution in [0.3, 0.4) is 0 Å². The molecule has 0 saturated carbocycles. The number of carbonyl (C=O) groups excluding carboxylic acids is 4. The van der Waals surface area contributed by atoms with E-state index in [2.05, 4.69) is 20.5 Å². The molecule has 0 unspecified atom stereocenters. The van der Waals surface area contributed by atoms with E-state index < -0.39 is 24.4 Å². The van der Waals surface area contributed by atoms with E-state index in [1.807, 2.05) is 0 Å². The molecule has 0 fully saturated rings. The summed E-state index contributed by atoms with van der Waals surface area (Å²) in [5.41, 5.74) is 0. The van der Waals surface area contributed by atoms with E-state index in [4.69, 9.17) is 0 Å². The Balaban J connectivity index is -0.0000000408. The van der Waals surface area contributed by atoms with Gasteiger partial charge in [0, 0.05) is 0 Å². The molecule has 4 amide bonds. The molecule has 0 bridgehead atoms. The van der Waals surface area contributed by atoms with Crippen LogP contribution in [-0.2, 0) is 0 Å². The first-order valence-electron chi connectivity index (χ1n) is 2.93. The summed E-state index contributed by atoms with van der Waals surface area (Å²) in [7, 11) is 0. The number of carboxylic acid groups (broad SMARTS) is 4. The van der Waals surface area contributed by atoms with Crippen molar-refractivity contribution in [2.75, 3.05) is 0 Å². The maximum atomic E-state index is 9.24. The topological polar surface area (TPSA) is 210 Å². The van der Waals surface area contributed by atoms with Crippen molar-refractivity contribution >= 4 is 24.4 Å². The van der Waals surface area contributed by atoms with E-state index in [-0.39, 0.29) is 206 Å². The average molecular weight is 388 g/mol. The molecule has 0 saturated heterocycles. The van der Waals surface area contributed by atoms with Gasteiger partial charge in [0.25, 0.3) is 0 Å². The number of hydrogen-bond acceptors (Lipinski definition) is 8. The Labute approximate surface area is 281 Å². The minimum atomic E-state index is -1.91. The van der Waals surface area contributed by atoms with Crippen molar-refractivity contribution in [1.82, 2.24) is 0 Å². The fraction of sp³-hybridized carbons (Fsp3) is 0. The molecule has 0 aliphatic carbocycles. The summed E-state index contributed by atoms with van der Waals surface area (Å²) in [6.45, 7) is 0. The van der Waals surface area contributed by atoms with Crippen LogP contribution in [0.25, 0.3) is 0 Å². The number of carbonyl (C=O) groups is 4. The first kappa shape index (κ1) is 38.9. The summed E-state index contributed by atoms with van der Waals surface area (Å²) in [6.07, 6.45) is -7.63. The van der Waals surface area contributed by atoms with Gasteiger partial charge >= 0.3 is 206 Å². The number of nitrogens with zero attached hydrogens (tertiary/aromatic N) is 4. The van der Waals surface area contributed by atoms with Crippen LogP contribution in [0.15, 0.2) is 20.5 Å². The van der Waals surface area contributed by atoms with E-state index in [9.17, 15) is 39.6 Å². The summed E-state index contributed by atoms with van der Waals surface area (Å²) in [6, 6.07) is 0. The minimum Gasteiger partial charge on any atom is -0.527 e. The fourth-order valence-corrected chi connectivity index (χ4v) is 0.163. The molecule has 0 aromatic rings. The quantitative estimate of drug-likeness (QED) is 0.286. The third-order valence-electron chi connectivity index (χ3n) is 0.427. The molecule has 88 valence electrons. The molecule has 0 aliphatic rings. The molecule has 12 nitrogen and oxygen atoms in total. The van der Waals surface area contributed by atoms with Gasteiger partial charge in [-0.25, -0.2) is 0 Å². The van der Waals surface area contributed by atoms with E-state index in [1.54, 1.807) is 0 Å². The van der Waals surface area contributed by atoms with Gasteiger partial charge < -0.3 is 39.6 Å². The normalized spacial score (nSPS) is 7.60. The second kappa shape index (κ2) is 27.5. The van der Waals surface area contributed by atoms with Crippen LogP contribution in [0, 0.1) is 0 Å². The first-order chi connectivity index (χ1) is 7.25. The Morgan fingerprint density at radius 1 is 0.450 bits per heavy atom. The van der Waals surface area contributed by atoms with Gasteiger partial charge in [0.15, 0.2) is 24.4 Å². The molecule has 16 heteroatoms. The average Bonchev–Trinajstić information content (AvgIpc) is 2.12. The zero-order valence-corrected chi connectivity index (χ0v) is 23.5. The fourth-order valence-electron chi connectivity index (χ4n) is 0.163. The van der Waals surface area contributed by atoms with Crippen molar-refractivity contribution in [3.63, 3.8) is 0 Å². The number of amides is 4. The monoisotopic (exact) mass is 388 g/mol. The standard InChI is InChI=1S/2C2H2N2O4.4K/c2*5-1(6)3-4-2(7)8;;;;/h2*(H,5,6)(H,7,8);;;;/q;;4*+1/p-4. The first-order valence-corrected chi connectivity index (χ1v) is 2.93. The summed E-state index contributed by atoms with van der Waals surface area (Å²) >= 11 is 0. The molecule has 20 heavy (non-hydrogen) atoms. The second-order valence-electron chi connectivity index (χ2n) is 1.46. The maximum absolute atomic E-state index is 9.24. The summed E-state index contributed by atoms with van der Waals surface area (Å²) in [4.78, 5) is 37.0. The predicted molar refractivity (Wildman–Crippen MR) is 31.3 cm³/mol. The van der Waals surface area contributed by atoms with Gasteiger partial charge in [-0.2, -0.15) is 0 Å². The Kier molecular flexibility index (Phi) is 53.5. The molecule has 0 aromatic carbocycles. The van der Waals surface area contributed by atoms with Crippen molar-refractivity contribution in [3.05, 3.63) is 0 Å². The smallest absolute Gasteiger partial charge is 0.527 e. The zero-order chi connectivity index (χ0) is 13.1. The van der Waals surface area contributed by atoms with Gasteiger partial charge in [-0.15, -0.1) is 20.5 Å². The molecule has 0 N–H and O–H groups in total. The Hall–Kier alpha value is 3.63. The summed E-state index contributed by atoms with van der Waals surface area (Å²) in [5.74, 6) is 0. The number of rotatable bonds is 0. The molecule has 0 aromatic heterocycles. The third kappa shape index (κ3) is 49.6. The minimum absolute atomic E-state index is 0. The van der Waals surface area contributed by atoms with Crippen molar-refractivity contribution in [1.29, 1.82) is 0 Å². The van der Waals surface area contributed by atoms with E-state index >= 15 is 0 Å². The predicted octanol–water partition coefficient (Wildman–Crippen LogP) is -15.7. The Morgan fingerprint density at radius 3 is 0.600 bits per heavy atom. The maximum Gasteiger partial charge on any atom is 1.00 e. The molecule has 0 atom stereocenters. The van der Waals surface area contributed by atoms with Crippen molar-refractivity contribution < 1.29 is 245 Å². The molecule has 0 rings (SSSR count). The van der Waals surface area contributed by atoms with Crippen LogP contribution < -0.4 is 226 Å². The van der Waals surface area contributed by atoms with E-state index in [1.165, 1.54) is 0 Å². The van der Waals surface area contributed by atoms with Crippen LogP contribution in [-0.4, -0.2) is 24.4 Å². The van der Waals surface area contributed by atoms with Crippen molar-refractivity contribution in [2.24, 2.45) is 20.5 Å². The van der Waals surface area contributed by atoms with Crippen LogP contribution in [0.1, 0.15) is 0 Å². The van der Waals surface area contributed by atoms with Crippen molar-refractivity contribution in [3.8, 4) is 0 Å². The van der Waals surface area contributed by atoms with Crippen LogP contribution in [0.4, 0.5) is 19.2 Å². The van der Waals surface area contributed by atoms with Gasteiger partial charge in [0.2, 0.25) is 0 Å². The van der Waals surface area contributed by atoms with Crippen LogP contribution in [0.5, 0.6) is 0 Å². The zero-order valence-electron chi connectivity index (χ0n) is 11.1. The Bertz CT molecular complexity index is 294. The summed E-state index contributed by atoms with van der Waals surface area (Å²) in [5, 5.41) is 45.3. The molecule has 0 heterocycles. The van der Waals surface area contributed by atoms with Crippen LogP contribution in [0.2, 0.25) is 0 Å².